The van der Waals surface area contributed by atoms with Crippen LogP contribution in [0.2, 0.25) is 0 Å². The van der Waals surface area contributed by atoms with Gasteiger partial charge in [-0.15, -0.1) is 0 Å². The molecule has 9 heteroatoms. The van der Waals surface area contributed by atoms with Crippen LogP contribution in [0.5, 0.6) is 0 Å². The van der Waals surface area contributed by atoms with E-state index in [1.54, 1.807) is 4.68 Å². The van der Waals surface area contributed by atoms with Gasteiger partial charge in [-0.3, -0.25) is 14.4 Å². The number of piperidine rings is 2. The summed E-state index contributed by atoms with van der Waals surface area (Å²) in [4.78, 5) is 4.25. The average Bonchev–Trinajstić information content (AvgIpc) is 3.10. The molecule has 0 N–H and O–H groups in total. The van der Waals surface area contributed by atoms with Crippen LogP contribution in [0, 0.1) is 10.7 Å². The van der Waals surface area contributed by atoms with Crippen molar-refractivity contribution in [1.82, 2.24) is 24.1 Å². The standard InChI is InChI=1S/C22H30F3N5S/c1-17(28-13-6-3-7-14-28)20-26-29(21(31)30(20)19-10-4-2-5-11-19)16-27-12-8-9-18(15-27)22(23,24)25/h2,4-5,10-11,17-18H,3,6-9,12-16H2,1H3/t17-,18+/m0/s1. The first kappa shape index (κ1) is 22.5. The summed E-state index contributed by atoms with van der Waals surface area (Å²) in [6.45, 7) is 5.10. The Balaban J connectivity index is 1.64. The Morgan fingerprint density at radius 1 is 1.06 bits per heavy atom. The zero-order chi connectivity index (χ0) is 22.0. The fourth-order valence-corrected chi connectivity index (χ4v) is 5.01. The molecule has 2 aliphatic heterocycles. The third-order valence-corrected chi connectivity index (χ3v) is 6.89. The Kier molecular flexibility index (Phi) is 6.83. The highest BCUT2D eigenvalue weighted by atomic mass is 32.1. The Morgan fingerprint density at radius 3 is 2.45 bits per heavy atom. The fourth-order valence-electron chi connectivity index (χ4n) is 4.72. The van der Waals surface area contributed by atoms with Crippen molar-refractivity contribution in [1.29, 1.82) is 0 Å². The summed E-state index contributed by atoms with van der Waals surface area (Å²) in [5.74, 6) is -0.430. The fraction of sp³-hybridized carbons (Fsp3) is 0.636. The highest BCUT2D eigenvalue weighted by molar-refractivity contribution is 7.71. The third kappa shape index (κ3) is 5.04. The molecule has 2 fully saturated rings. The van der Waals surface area contributed by atoms with Crippen molar-refractivity contribution < 1.29 is 13.2 Å². The van der Waals surface area contributed by atoms with Crippen LogP contribution in [0.15, 0.2) is 30.3 Å². The predicted octanol–water partition coefficient (Wildman–Crippen LogP) is 5.18. The second kappa shape index (κ2) is 9.42. The molecule has 2 aromatic rings. The van der Waals surface area contributed by atoms with Gasteiger partial charge in [0, 0.05) is 12.2 Å². The zero-order valence-electron chi connectivity index (χ0n) is 17.9. The van der Waals surface area contributed by atoms with Gasteiger partial charge < -0.3 is 0 Å². The minimum Gasteiger partial charge on any atom is -0.294 e. The van der Waals surface area contributed by atoms with Crippen molar-refractivity contribution in [3.05, 3.63) is 40.9 Å². The van der Waals surface area contributed by atoms with E-state index in [1.807, 2.05) is 39.8 Å². The number of likely N-dealkylation sites (tertiary alicyclic amines) is 2. The zero-order valence-corrected chi connectivity index (χ0v) is 18.7. The molecule has 0 saturated carbocycles. The average molecular weight is 454 g/mol. The number of benzene rings is 1. The Morgan fingerprint density at radius 2 is 1.77 bits per heavy atom. The van der Waals surface area contributed by atoms with Gasteiger partial charge in [0.25, 0.3) is 0 Å². The van der Waals surface area contributed by atoms with E-state index < -0.39 is 12.1 Å². The lowest BCUT2D eigenvalue weighted by atomic mass is 9.98. The molecule has 1 aromatic heterocycles. The van der Waals surface area contributed by atoms with Gasteiger partial charge in [-0.05, 0) is 76.6 Å². The van der Waals surface area contributed by atoms with Crippen molar-refractivity contribution in [3.63, 3.8) is 0 Å². The van der Waals surface area contributed by atoms with Crippen LogP contribution in [-0.4, -0.2) is 56.5 Å². The molecule has 0 amide bonds. The maximum absolute atomic E-state index is 13.3. The van der Waals surface area contributed by atoms with E-state index in [2.05, 4.69) is 11.8 Å². The van der Waals surface area contributed by atoms with Gasteiger partial charge in [-0.1, -0.05) is 24.6 Å². The van der Waals surface area contributed by atoms with E-state index in [0.29, 0.717) is 17.7 Å². The number of hydrogen-bond donors (Lipinski definition) is 0. The summed E-state index contributed by atoms with van der Waals surface area (Å²) < 4.78 is 44.0. The first-order valence-corrected chi connectivity index (χ1v) is 11.5. The number of hydrogen-bond acceptors (Lipinski definition) is 4. The van der Waals surface area contributed by atoms with Gasteiger partial charge in [0.15, 0.2) is 5.82 Å². The summed E-state index contributed by atoms with van der Waals surface area (Å²) in [5, 5.41) is 4.85. The molecular weight excluding hydrogens is 423 g/mol. The van der Waals surface area contributed by atoms with Crippen molar-refractivity contribution in [3.8, 4) is 5.69 Å². The molecule has 4 rings (SSSR count). The van der Waals surface area contributed by atoms with Crippen molar-refractivity contribution >= 4 is 12.2 Å². The van der Waals surface area contributed by atoms with Crippen LogP contribution in [0.3, 0.4) is 0 Å². The van der Waals surface area contributed by atoms with Gasteiger partial charge in [-0.2, -0.15) is 18.3 Å². The monoisotopic (exact) mass is 453 g/mol. The SMILES string of the molecule is C[C@@H](c1nn(CN2CCC[C@@H](C(F)(F)F)C2)c(=S)n1-c1ccccc1)N1CCCCC1. The Hall–Kier alpha value is -1.71. The lowest BCUT2D eigenvalue weighted by molar-refractivity contribution is -0.188. The van der Waals surface area contributed by atoms with Crippen molar-refractivity contribution in [2.45, 2.75) is 57.9 Å². The number of halogens is 3. The van der Waals surface area contributed by atoms with E-state index in [-0.39, 0.29) is 25.7 Å². The molecule has 31 heavy (non-hydrogen) atoms. The van der Waals surface area contributed by atoms with Crippen LogP contribution < -0.4 is 0 Å². The molecule has 5 nitrogen and oxygen atoms in total. The lowest BCUT2D eigenvalue weighted by Crippen LogP contribution is -2.42. The second-order valence-corrected chi connectivity index (χ2v) is 9.05. The van der Waals surface area contributed by atoms with Crippen LogP contribution in [-0.2, 0) is 6.67 Å². The predicted molar refractivity (Wildman–Crippen MR) is 117 cm³/mol. The van der Waals surface area contributed by atoms with Gasteiger partial charge in [0.05, 0.1) is 18.6 Å². The minimum atomic E-state index is -4.16. The summed E-state index contributed by atoms with van der Waals surface area (Å²) in [6, 6.07) is 9.94. The van der Waals surface area contributed by atoms with Crippen LogP contribution in [0.25, 0.3) is 5.69 Å². The second-order valence-electron chi connectivity index (χ2n) is 8.68. The molecule has 0 bridgehead atoms. The Bertz CT molecular complexity index is 917. The lowest BCUT2D eigenvalue weighted by Gasteiger charge is -2.33. The number of aromatic nitrogens is 3. The first-order valence-electron chi connectivity index (χ1n) is 11.1. The topological polar surface area (TPSA) is 29.2 Å². The quantitative estimate of drug-likeness (QED) is 0.584. The van der Waals surface area contributed by atoms with Gasteiger partial charge >= 0.3 is 6.18 Å². The van der Waals surface area contributed by atoms with Gasteiger partial charge in [0.2, 0.25) is 4.77 Å². The summed E-state index contributed by atoms with van der Waals surface area (Å²) >= 11 is 5.78. The van der Waals surface area contributed by atoms with Gasteiger partial charge in [0.1, 0.15) is 0 Å². The first-order chi connectivity index (χ1) is 14.8. The van der Waals surface area contributed by atoms with Crippen LogP contribution >= 0.6 is 12.2 Å². The Labute approximate surface area is 186 Å². The largest absolute Gasteiger partial charge is 0.393 e. The summed E-state index contributed by atoms with van der Waals surface area (Å²) in [6.07, 6.45) is 0.165. The summed E-state index contributed by atoms with van der Waals surface area (Å²) in [7, 11) is 0. The molecule has 0 spiro atoms. The maximum Gasteiger partial charge on any atom is 0.393 e. The van der Waals surface area contributed by atoms with Crippen molar-refractivity contribution in [2.24, 2.45) is 5.92 Å². The van der Waals surface area contributed by atoms with Crippen LogP contribution in [0.4, 0.5) is 13.2 Å². The molecular formula is C22H30F3N5S. The van der Waals surface area contributed by atoms with Crippen molar-refractivity contribution in [2.75, 3.05) is 26.2 Å². The molecule has 0 radical (unpaired) electrons. The smallest absolute Gasteiger partial charge is 0.294 e. The minimum absolute atomic E-state index is 0.000478. The molecule has 0 unspecified atom stereocenters. The molecule has 2 aliphatic rings. The number of para-hydroxylation sites is 1. The number of nitrogens with zero attached hydrogens (tertiary/aromatic N) is 5. The van der Waals surface area contributed by atoms with E-state index >= 15 is 0 Å². The van der Waals surface area contributed by atoms with E-state index in [1.165, 1.54) is 19.3 Å². The van der Waals surface area contributed by atoms with E-state index in [4.69, 9.17) is 17.3 Å². The molecule has 2 saturated heterocycles. The van der Waals surface area contributed by atoms with E-state index in [9.17, 15) is 13.2 Å². The van der Waals surface area contributed by atoms with Gasteiger partial charge in [-0.25, -0.2) is 4.68 Å². The molecule has 0 aliphatic carbocycles. The normalized spacial score (nSPS) is 22.5. The molecule has 3 heterocycles. The molecule has 1 aromatic carbocycles. The van der Waals surface area contributed by atoms with Crippen LogP contribution in [0.1, 0.15) is 50.9 Å². The van der Waals surface area contributed by atoms with E-state index in [0.717, 1.165) is 24.6 Å². The third-order valence-electron chi connectivity index (χ3n) is 6.49. The number of alkyl halides is 3. The number of rotatable bonds is 5. The highest BCUT2D eigenvalue weighted by Crippen LogP contribution is 2.33. The maximum atomic E-state index is 13.3. The summed E-state index contributed by atoms with van der Waals surface area (Å²) in [5.41, 5.74) is 0.935. The molecule has 2 atom stereocenters. The molecule has 170 valence electrons. The highest BCUT2D eigenvalue weighted by Gasteiger charge is 2.41.